The monoisotopic (exact) mass is 505 g/mol. The lowest BCUT2D eigenvalue weighted by Crippen LogP contribution is -2.47. The fourth-order valence-corrected chi connectivity index (χ4v) is 7.03. The molecule has 1 aliphatic heterocycles. The van der Waals surface area contributed by atoms with Crippen molar-refractivity contribution in [1.82, 2.24) is 29.9 Å². The van der Waals surface area contributed by atoms with E-state index in [9.17, 15) is 4.79 Å². The van der Waals surface area contributed by atoms with Gasteiger partial charge in [0.05, 0.1) is 23.0 Å². The van der Waals surface area contributed by atoms with Crippen LogP contribution in [-0.2, 0) is 31.3 Å². The summed E-state index contributed by atoms with van der Waals surface area (Å²) in [5.41, 5.74) is 6.58. The molecule has 0 aromatic carbocycles. The van der Waals surface area contributed by atoms with Crippen molar-refractivity contribution in [2.24, 2.45) is 12.5 Å². The number of fused-ring (bicyclic) bond motifs is 4. The van der Waals surface area contributed by atoms with Crippen molar-refractivity contribution in [3.63, 3.8) is 0 Å². The Hall–Kier alpha value is -3.10. The summed E-state index contributed by atoms with van der Waals surface area (Å²) in [5, 5.41) is 13.9. The molecule has 0 radical (unpaired) electrons. The molecule has 0 spiro atoms. The highest BCUT2D eigenvalue weighted by atomic mass is 16.6. The quantitative estimate of drug-likeness (QED) is 0.559. The number of nitrogens with one attached hydrogen (secondary N) is 1. The number of hydrogen-bond donors (Lipinski definition) is 1. The van der Waals surface area contributed by atoms with Gasteiger partial charge in [-0.3, -0.25) is 9.36 Å². The Kier molecular flexibility index (Phi) is 5.37. The molecular formula is C28H39N7O2. The van der Waals surface area contributed by atoms with Gasteiger partial charge < -0.3 is 15.0 Å². The molecule has 6 rings (SSSR count). The topological polar surface area (TPSA) is 90.1 Å². The van der Waals surface area contributed by atoms with E-state index in [-0.39, 0.29) is 17.0 Å². The summed E-state index contributed by atoms with van der Waals surface area (Å²) in [6.07, 6.45) is 7.91. The zero-order valence-electron chi connectivity index (χ0n) is 23.0. The van der Waals surface area contributed by atoms with E-state index in [1.165, 1.54) is 16.9 Å². The van der Waals surface area contributed by atoms with E-state index in [2.05, 4.69) is 39.9 Å². The van der Waals surface area contributed by atoms with Crippen LogP contribution in [0.5, 0.6) is 0 Å². The van der Waals surface area contributed by atoms with Crippen molar-refractivity contribution >= 4 is 22.8 Å². The van der Waals surface area contributed by atoms with E-state index >= 15 is 0 Å². The third kappa shape index (κ3) is 4.26. The van der Waals surface area contributed by atoms with Crippen molar-refractivity contribution in [2.45, 2.75) is 97.4 Å². The number of carbonyl (C=O) groups excluding carboxylic acids is 1. The molecule has 3 aliphatic rings. The SMILES string of the molecule is Cc1cc(N2CCc3c(c(C)nn3CC34CCC(NC(=O)OC(C)(C)C)(CC3)C4)C2)c2cnn(C)c2n1. The van der Waals surface area contributed by atoms with Gasteiger partial charge in [0, 0.05) is 55.6 Å². The predicted octanol–water partition coefficient (Wildman–Crippen LogP) is 4.57. The Bertz CT molecular complexity index is 1370. The third-order valence-corrected chi connectivity index (χ3v) is 8.72. The minimum atomic E-state index is -0.480. The molecule has 9 nitrogen and oxygen atoms in total. The summed E-state index contributed by atoms with van der Waals surface area (Å²) >= 11 is 0. The van der Waals surface area contributed by atoms with Crippen LogP contribution in [0.15, 0.2) is 12.3 Å². The summed E-state index contributed by atoms with van der Waals surface area (Å²) in [6, 6.07) is 2.18. The molecule has 2 saturated carbocycles. The lowest BCUT2D eigenvalue weighted by atomic mass is 9.84. The van der Waals surface area contributed by atoms with Crippen LogP contribution in [0.2, 0.25) is 0 Å². The molecular weight excluding hydrogens is 466 g/mol. The van der Waals surface area contributed by atoms with Crippen molar-refractivity contribution < 1.29 is 9.53 Å². The van der Waals surface area contributed by atoms with Crippen LogP contribution in [0.1, 0.15) is 75.5 Å². The zero-order valence-corrected chi connectivity index (χ0v) is 23.0. The highest BCUT2D eigenvalue weighted by Gasteiger charge is 2.55. The van der Waals surface area contributed by atoms with E-state index in [0.717, 1.165) is 80.6 Å². The highest BCUT2D eigenvalue weighted by molar-refractivity contribution is 5.89. The fourth-order valence-electron chi connectivity index (χ4n) is 7.03. The van der Waals surface area contributed by atoms with Gasteiger partial charge in [-0.2, -0.15) is 10.2 Å². The molecule has 198 valence electrons. The van der Waals surface area contributed by atoms with Gasteiger partial charge in [0.15, 0.2) is 5.65 Å². The Morgan fingerprint density at radius 2 is 1.95 bits per heavy atom. The van der Waals surface area contributed by atoms with E-state index in [0.29, 0.717) is 0 Å². The number of aryl methyl sites for hydroxylation is 3. The van der Waals surface area contributed by atoms with Gasteiger partial charge in [0.2, 0.25) is 0 Å². The molecule has 0 saturated heterocycles. The first kappa shape index (κ1) is 24.2. The average molecular weight is 506 g/mol. The number of hydrogen-bond acceptors (Lipinski definition) is 6. The summed E-state index contributed by atoms with van der Waals surface area (Å²) in [7, 11) is 1.95. The van der Waals surface area contributed by atoms with Gasteiger partial charge in [-0.05, 0) is 78.2 Å². The van der Waals surface area contributed by atoms with E-state index in [1.54, 1.807) is 0 Å². The van der Waals surface area contributed by atoms with Crippen LogP contribution in [-0.4, -0.2) is 48.3 Å². The summed E-state index contributed by atoms with van der Waals surface area (Å²) < 4.78 is 9.73. The highest BCUT2D eigenvalue weighted by Crippen LogP contribution is 2.57. The van der Waals surface area contributed by atoms with Crippen molar-refractivity contribution in [2.75, 3.05) is 11.4 Å². The third-order valence-electron chi connectivity index (χ3n) is 8.72. The molecule has 2 fully saturated rings. The van der Waals surface area contributed by atoms with Gasteiger partial charge in [-0.1, -0.05) is 0 Å². The van der Waals surface area contributed by atoms with E-state index < -0.39 is 5.60 Å². The standard InChI is InChI=1S/C28H39N7O2/c1-18-13-23(20-14-29-33(6)24(20)30-18)34-12-7-22-21(15-34)19(2)32-35(22)17-27-8-10-28(16-27,11-9-27)31-25(36)37-26(3,4)5/h13-14H,7-12,15-17H2,1-6H3,(H,31,36). The molecule has 1 N–H and O–H groups in total. The second-order valence-corrected chi connectivity index (χ2v) is 12.7. The number of ether oxygens (including phenoxy) is 1. The fraction of sp³-hybridized carbons (Fsp3) is 0.643. The van der Waals surface area contributed by atoms with Crippen LogP contribution in [0.4, 0.5) is 10.5 Å². The molecule has 37 heavy (non-hydrogen) atoms. The molecule has 2 aliphatic carbocycles. The maximum Gasteiger partial charge on any atom is 0.408 e. The molecule has 9 heteroatoms. The maximum absolute atomic E-state index is 12.5. The number of alkyl carbamates (subject to hydrolysis) is 1. The number of amides is 1. The average Bonchev–Trinajstić information content (AvgIpc) is 3.54. The zero-order chi connectivity index (χ0) is 26.2. The Labute approximate surface area is 218 Å². The van der Waals surface area contributed by atoms with Crippen LogP contribution < -0.4 is 10.2 Å². The predicted molar refractivity (Wildman–Crippen MR) is 143 cm³/mol. The smallest absolute Gasteiger partial charge is 0.408 e. The summed E-state index contributed by atoms with van der Waals surface area (Å²) in [5.74, 6) is 0. The van der Waals surface area contributed by atoms with Gasteiger partial charge in [-0.25, -0.2) is 9.78 Å². The van der Waals surface area contributed by atoms with Crippen LogP contribution >= 0.6 is 0 Å². The van der Waals surface area contributed by atoms with Crippen LogP contribution in [0.25, 0.3) is 11.0 Å². The first-order chi connectivity index (χ1) is 17.4. The summed E-state index contributed by atoms with van der Waals surface area (Å²) in [4.78, 5) is 19.7. The second kappa shape index (κ2) is 8.20. The van der Waals surface area contributed by atoms with Gasteiger partial charge in [-0.15, -0.1) is 0 Å². The van der Waals surface area contributed by atoms with E-state index in [1.807, 2.05) is 38.7 Å². The normalized spacial score (nSPS) is 25.1. The largest absolute Gasteiger partial charge is 0.444 e. The lowest BCUT2D eigenvalue weighted by Gasteiger charge is -2.32. The number of anilines is 1. The number of rotatable bonds is 4. The van der Waals surface area contributed by atoms with Gasteiger partial charge in [0.25, 0.3) is 0 Å². The molecule has 0 unspecified atom stereocenters. The maximum atomic E-state index is 12.5. The van der Waals surface area contributed by atoms with E-state index in [4.69, 9.17) is 14.8 Å². The molecule has 3 aromatic rings. The first-order valence-electron chi connectivity index (χ1n) is 13.6. The molecule has 1 amide bonds. The second-order valence-electron chi connectivity index (χ2n) is 12.7. The molecule has 0 atom stereocenters. The minimum absolute atomic E-state index is 0.129. The van der Waals surface area contributed by atoms with Gasteiger partial charge in [0.1, 0.15) is 5.60 Å². The number of aromatic nitrogens is 5. The Morgan fingerprint density at radius 3 is 2.68 bits per heavy atom. The lowest BCUT2D eigenvalue weighted by molar-refractivity contribution is 0.0458. The summed E-state index contributed by atoms with van der Waals surface area (Å²) in [6.45, 7) is 12.7. The Balaban J connectivity index is 1.20. The van der Waals surface area contributed by atoms with Crippen molar-refractivity contribution in [3.8, 4) is 0 Å². The van der Waals surface area contributed by atoms with Crippen LogP contribution in [0.3, 0.4) is 0 Å². The Morgan fingerprint density at radius 1 is 1.19 bits per heavy atom. The van der Waals surface area contributed by atoms with Gasteiger partial charge >= 0.3 is 6.09 Å². The molecule has 2 bridgehead atoms. The molecule has 3 aromatic heterocycles. The van der Waals surface area contributed by atoms with Crippen molar-refractivity contribution in [3.05, 3.63) is 34.9 Å². The number of carbonyl (C=O) groups is 1. The number of nitrogens with zero attached hydrogens (tertiary/aromatic N) is 6. The number of pyridine rings is 1. The first-order valence-corrected chi connectivity index (χ1v) is 13.6. The minimum Gasteiger partial charge on any atom is -0.444 e. The van der Waals surface area contributed by atoms with Crippen molar-refractivity contribution in [1.29, 1.82) is 0 Å². The molecule has 4 heterocycles. The van der Waals surface area contributed by atoms with Crippen LogP contribution in [0, 0.1) is 19.3 Å².